The van der Waals surface area contributed by atoms with Crippen LogP contribution in [0, 0.1) is 11.7 Å². The van der Waals surface area contributed by atoms with E-state index in [9.17, 15) is 9.18 Å². The number of nitrogens with zero attached hydrogens (tertiary/aromatic N) is 2. The molecule has 0 N–H and O–H groups in total. The summed E-state index contributed by atoms with van der Waals surface area (Å²) in [5.74, 6) is 0.756. The van der Waals surface area contributed by atoms with Crippen molar-refractivity contribution in [1.82, 2.24) is 9.80 Å². The summed E-state index contributed by atoms with van der Waals surface area (Å²) in [4.78, 5) is 18.0. The molecule has 6 heteroatoms. The molecule has 0 unspecified atom stereocenters. The van der Waals surface area contributed by atoms with E-state index in [2.05, 4.69) is 52.3 Å². The van der Waals surface area contributed by atoms with Crippen molar-refractivity contribution in [1.29, 1.82) is 0 Å². The number of likely N-dealkylation sites (tertiary alicyclic amines) is 1. The highest BCUT2D eigenvalue weighted by molar-refractivity contribution is 5.96. The highest BCUT2D eigenvalue weighted by Gasteiger charge is 2.21. The lowest BCUT2D eigenvalue weighted by atomic mass is 9.89. The lowest BCUT2D eigenvalue weighted by Gasteiger charge is -2.32. The second-order valence-corrected chi connectivity index (χ2v) is 10.6. The highest BCUT2D eigenvalue weighted by Crippen LogP contribution is 2.25. The smallest absolute Gasteiger partial charge is 0.162 e. The van der Waals surface area contributed by atoms with Gasteiger partial charge in [-0.1, -0.05) is 54.6 Å². The van der Waals surface area contributed by atoms with Crippen molar-refractivity contribution in [2.75, 3.05) is 26.2 Å². The summed E-state index contributed by atoms with van der Waals surface area (Å²) in [6.45, 7) is 6.07. The molecule has 0 spiro atoms. The summed E-state index contributed by atoms with van der Waals surface area (Å²) < 4.78 is 13.2. The summed E-state index contributed by atoms with van der Waals surface area (Å²) >= 11 is 0. The number of rotatable bonds is 8. The van der Waals surface area contributed by atoms with Crippen LogP contribution in [0.25, 0.3) is 0 Å². The Bertz CT molecular complexity index is 1150. The summed E-state index contributed by atoms with van der Waals surface area (Å²) in [5.41, 5.74) is 6.08. The number of carbonyl (C=O) groups excluding carboxylic acids is 1. The van der Waals surface area contributed by atoms with Crippen LogP contribution < -0.4 is 0 Å². The van der Waals surface area contributed by atoms with Crippen LogP contribution in [0.5, 0.6) is 0 Å². The van der Waals surface area contributed by atoms with Crippen LogP contribution in [-0.2, 0) is 25.9 Å². The van der Waals surface area contributed by atoms with Crippen LogP contribution in [0.2, 0.25) is 0 Å². The molecule has 204 valence electrons. The summed E-state index contributed by atoms with van der Waals surface area (Å²) in [7, 11) is 0. The third-order valence-corrected chi connectivity index (χ3v) is 7.98. The maximum absolute atomic E-state index is 13.2. The quantitative estimate of drug-likeness (QED) is 0.275. The molecule has 0 amide bonds. The zero-order valence-electron chi connectivity index (χ0n) is 22.0. The minimum Gasteiger partial charge on any atom is -0.299 e. The first-order valence-corrected chi connectivity index (χ1v) is 13.5. The summed E-state index contributed by atoms with van der Waals surface area (Å²) in [6.07, 6.45) is 5.98. The van der Waals surface area contributed by atoms with Crippen LogP contribution in [-0.4, -0.2) is 41.8 Å². The molecule has 3 aromatic rings. The van der Waals surface area contributed by atoms with E-state index >= 15 is 0 Å². The van der Waals surface area contributed by atoms with Crippen LogP contribution in [0.3, 0.4) is 0 Å². The number of hydrogen-bond donors (Lipinski definition) is 0. The zero-order valence-corrected chi connectivity index (χ0v) is 23.6. The number of halogens is 3. The van der Waals surface area contributed by atoms with Crippen molar-refractivity contribution in [2.45, 2.75) is 51.6 Å². The van der Waals surface area contributed by atoms with Crippen LogP contribution in [0.15, 0.2) is 72.8 Å². The first-order chi connectivity index (χ1) is 17.6. The third kappa shape index (κ3) is 8.38. The van der Waals surface area contributed by atoms with Gasteiger partial charge in [-0.2, -0.15) is 0 Å². The Kier molecular flexibility index (Phi) is 11.8. The van der Waals surface area contributed by atoms with Crippen molar-refractivity contribution in [3.05, 3.63) is 106 Å². The predicted octanol–water partition coefficient (Wildman–Crippen LogP) is 7.15. The van der Waals surface area contributed by atoms with Gasteiger partial charge in [-0.15, -0.1) is 24.8 Å². The molecule has 2 aliphatic heterocycles. The zero-order chi connectivity index (χ0) is 24.7. The van der Waals surface area contributed by atoms with Gasteiger partial charge in [0.25, 0.3) is 0 Å². The average Bonchev–Trinajstić information content (AvgIpc) is 3.12. The minimum absolute atomic E-state index is 0. The van der Waals surface area contributed by atoms with Crippen LogP contribution in [0.4, 0.5) is 4.39 Å². The molecular weight excluding hydrogens is 518 g/mol. The molecule has 5 rings (SSSR count). The van der Waals surface area contributed by atoms with Gasteiger partial charge in [-0.25, -0.2) is 4.39 Å². The topological polar surface area (TPSA) is 23.6 Å². The van der Waals surface area contributed by atoms with Crippen molar-refractivity contribution < 1.29 is 9.18 Å². The molecule has 0 saturated carbocycles. The standard InChI is InChI=1S/C32H37FN2O.2ClH/c33-31-11-6-27(7-12-31)24-35-20-16-28-9-10-30(22-29(28)17-21-35)32(36)13-8-25-14-18-34(19-15-25)23-26-4-2-1-3-5-26;;/h1-7,9-12,22,25H,8,13-21,23-24H2;2*1H. The molecular formula is C32H39Cl2FN2O. The van der Waals surface area contributed by atoms with E-state index in [-0.39, 0.29) is 36.4 Å². The van der Waals surface area contributed by atoms with E-state index in [1.807, 2.05) is 18.2 Å². The number of piperidine rings is 1. The van der Waals surface area contributed by atoms with E-state index in [1.165, 1.54) is 41.7 Å². The van der Waals surface area contributed by atoms with Gasteiger partial charge in [-0.3, -0.25) is 14.6 Å². The fourth-order valence-corrected chi connectivity index (χ4v) is 5.71. The maximum atomic E-state index is 13.2. The SMILES string of the molecule is Cl.Cl.O=C(CCC1CCN(Cc2ccccc2)CC1)c1ccc2c(c1)CCN(Cc1ccc(F)cc1)CC2. The highest BCUT2D eigenvalue weighted by atomic mass is 35.5. The van der Waals surface area contributed by atoms with E-state index in [1.54, 1.807) is 0 Å². The van der Waals surface area contributed by atoms with Gasteiger partial charge in [0.05, 0.1) is 0 Å². The monoisotopic (exact) mass is 556 g/mol. The van der Waals surface area contributed by atoms with Gasteiger partial charge in [0, 0.05) is 38.2 Å². The Morgan fingerprint density at radius 3 is 2.03 bits per heavy atom. The molecule has 38 heavy (non-hydrogen) atoms. The Balaban J connectivity index is 0.00000200. The first kappa shape index (κ1) is 30.3. The van der Waals surface area contributed by atoms with Crippen molar-refractivity contribution in [2.24, 2.45) is 5.92 Å². The van der Waals surface area contributed by atoms with E-state index in [4.69, 9.17) is 0 Å². The number of benzene rings is 3. The van der Waals surface area contributed by atoms with Crippen LogP contribution >= 0.6 is 24.8 Å². The molecule has 0 aromatic heterocycles. The van der Waals surface area contributed by atoms with Gasteiger partial charge >= 0.3 is 0 Å². The summed E-state index contributed by atoms with van der Waals surface area (Å²) in [5, 5.41) is 0. The molecule has 2 aliphatic rings. The number of carbonyl (C=O) groups is 1. The third-order valence-electron chi connectivity index (χ3n) is 7.98. The van der Waals surface area contributed by atoms with E-state index < -0.39 is 0 Å². The normalized spacial score (nSPS) is 16.6. The largest absolute Gasteiger partial charge is 0.299 e. The molecule has 1 saturated heterocycles. The van der Waals surface area contributed by atoms with Crippen molar-refractivity contribution in [3.63, 3.8) is 0 Å². The Hall–Kier alpha value is -2.24. The van der Waals surface area contributed by atoms with Gasteiger partial charge < -0.3 is 0 Å². The lowest BCUT2D eigenvalue weighted by Crippen LogP contribution is -2.33. The predicted molar refractivity (Wildman–Crippen MR) is 158 cm³/mol. The number of Topliss-reactive ketones (excluding diaryl/α,β-unsaturated/α-hetero) is 1. The van der Waals surface area contributed by atoms with Gasteiger partial charge in [0.15, 0.2) is 5.78 Å². The first-order valence-electron chi connectivity index (χ1n) is 13.5. The van der Waals surface area contributed by atoms with Crippen molar-refractivity contribution >= 4 is 30.6 Å². The average molecular weight is 558 g/mol. The Morgan fingerprint density at radius 1 is 0.737 bits per heavy atom. The Morgan fingerprint density at radius 2 is 1.34 bits per heavy atom. The van der Waals surface area contributed by atoms with E-state index in [0.717, 1.165) is 69.7 Å². The molecule has 1 fully saturated rings. The van der Waals surface area contributed by atoms with Gasteiger partial charge in [0.1, 0.15) is 5.82 Å². The van der Waals surface area contributed by atoms with Gasteiger partial charge in [0.2, 0.25) is 0 Å². The molecule has 0 radical (unpaired) electrons. The maximum Gasteiger partial charge on any atom is 0.162 e. The minimum atomic E-state index is -0.187. The molecule has 0 bridgehead atoms. The molecule has 0 aliphatic carbocycles. The van der Waals surface area contributed by atoms with Crippen LogP contribution in [0.1, 0.15) is 58.3 Å². The molecule has 0 atom stereocenters. The lowest BCUT2D eigenvalue weighted by molar-refractivity contribution is 0.0961. The molecule has 2 heterocycles. The second-order valence-electron chi connectivity index (χ2n) is 10.6. The molecule has 3 aromatic carbocycles. The van der Waals surface area contributed by atoms with E-state index in [0.29, 0.717) is 12.3 Å². The van der Waals surface area contributed by atoms with Crippen molar-refractivity contribution in [3.8, 4) is 0 Å². The summed E-state index contributed by atoms with van der Waals surface area (Å²) in [6, 6.07) is 23.9. The Labute approximate surface area is 239 Å². The fourth-order valence-electron chi connectivity index (χ4n) is 5.71. The second kappa shape index (κ2) is 14.8. The number of fused-ring (bicyclic) bond motifs is 1. The molecule has 3 nitrogen and oxygen atoms in total. The van der Waals surface area contributed by atoms with Gasteiger partial charge in [-0.05, 0) is 91.6 Å². The number of hydrogen-bond acceptors (Lipinski definition) is 3. The number of ketones is 1. The fraction of sp³-hybridized carbons (Fsp3) is 0.406.